The molecule has 0 bridgehead atoms. The van der Waals surface area contributed by atoms with Gasteiger partial charge in [0, 0.05) is 16.4 Å². The summed E-state index contributed by atoms with van der Waals surface area (Å²) in [7, 11) is 0. The molecule has 16 heavy (non-hydrogen) atoms. The summed E-state index contributed by atoms with van der Waals surface area (Å²) in [6.45, 7) is 4.77. The number of aromatic amines is 1. The van der Waals surface area contributed by atoms with Crippen molar-refractivity contribution < 1.29 is 0 Å². The van der Waals surface area contributed by atoms with E-state index in [9.17, 15) is 0 Å². The van der Waals surface area contributed by atoms with Crippen LogP contribution in [0.25, 0.3) is 0 Å². The molecule has 3 nitrogen and oxygen atoms in total. The zero-order chi connectivity index (χ0) is 11.5. The maximum Gasteiger partial charge on any atom is 0.0925 e. The molecular formula is C12H14ClN3. The second-order valence-electron chi connectivity index (χ2n) is 3.79. The van der Waals surface area contributed by atoms with Gasteiger partial charge in [-0.15, -0.1) is 0 Å². The first-order valence-corrected chi connectivity index (χ1v) is 5.53. The van der Waals surface area contributed by atoms with Crippen LogP contribution in [0.2, 0.25) is 5.02 Å². The van der Waals surface area contributed by atoms with E-state index >= 15 is 0 Å². The lowest BCUT2D eigenvalue weighted by Crippen LogP contribution is -2.02. The number of hydrogen-bond donors (Lipinski definition) is 2. The van der Waals surface area contributed by atoms with E-state index < -0.39 is 0 Å². The molecule has 0 saturated carbocycles. The second-order valence-corrected chi connectivity index (χ2v) is 4.22. The summed E-state index contributed by atoms with van der Waals surface area (Å²) in [6.07, 6.45) is 1.71. The van der Waals surface area contributed by atoms with E-state index in [1.54, 1.807) is 6.33 Å². The Balaban J connectivity index is 2.08. The van der Waals surface area contributed by atoms with Crippen LogP contribution in [-0.4, -0.2) is 9.97 Å². The standard InChI is InChI=1S/C12H14ClN3/c1-8-5-10(13)3-4-11(8)14-6-12-9(2)15-7-16-12/h3-5,7,14H,6H2,1-2H3,(H,15,16). The molecule has 2 aromatic rings. The van der Waals surface area contributed by atoms with Crippen LogP contribution in [-0.2, 0) is 6.54 Å². The van der Waals surface area contributed by atoms with Gasteiger partial charge in [0.05, 0.1) is 18.6 Å². The van der Waals surface area contributed by atoms with E-state index in [0.29, 0.717) is 0 Å². The van der Waals surface area contributed by atoms with Gasteiger partial charge < -0.3 is 10.3 Å². The first-order chi connectivity index (χ1) is 7.66. The molecule has 1 aromatic carbocycles. The Hall–Kier alpha value is -1.48. The lowest BCUT2D eigenvalue weighted by Gasteiger charge is -2.08. The molecule has 0 saturated heterocycles. The number of aryl methyl sites for hydroxylation is 2. The zero-order valence-corrected chi connectivity index (χ0v) is 10.1. The smallest absolute Gasteiger partial charge is 0.0925 e. The molecule has 0 aliphatic carbocycles. The SMILES string of the molecule is Cc1cc(Cl)ccc1NCc1nc[nH]c1C. The fraction of sp³-hybridized carbons (Fsp3) is 0.250. The summed E-state index contributed by atoms with van der Waals surface area (Å²) in [5, 5.41) is 4.11. The van der Waals surface area contributed by atoms with Crippen LogP contribution >= 0.6 is 11.6 Å². The molecule has 0 amide bonds. The molecule has 0 unspecified atom stereocenters. The maximum atomic E-state index is 5.90. The van der Waals surface area contributed by atoms with E-state index in [0.717, 1.165) is 34.2 Å². The molecule has 0 atom stereocenters. The quantitative estimate of drug-likeness (QED) is 0.857. The number of rotatable bonds is 3. The highest BCUT2D eigenvalue weighted by molar-refractivity contribution is 6.30. The number of nitrogens with one attached hydrogen (secondary N) is 2. The Morgan fingerprint density at radius 1 is 1.38 bits per heavy atom. The van der Waals surface area contributed by atoms with Gasteiger partial charge in [-0.25, -0.2) is 4.98 Å². The first kappa shape index (κ1) is 11.0. The van der Waals surface area contributed by atoms with Crippen molar-refractivity contribution in [2.75, 3.05) is 5.32 Å². The largest absolute Gasteiger partial charge is 0.379 e. The molecule has 0 radical (unpaired) electrons. The molecule has 2 N–H and O–H groups in total. The minimum Gasteiger partial charge on any atom is -0.379 e. The van der Waals surface area contributed by atoms with Crippen molar-refractivity contribution in [3.8, 4) is 0 Å². The predicted octanol–water partition coefficient (Wildman–Crippen LogP) is 3.29. The van der Waals surface area contributed by atoms with Crippen LogP contribution in [0.5, 0.6) is 0 Å². The summed E-state index contributed by atoms with van der Waals surface area (Å²) >= 11 is 5.90. The third-order valence-electron chi connectivity index (χ3n) is 2.57. The van der Waals surface area contributed by atoms with Crippen LogP contribution in [0.1, 0.15) is 17.0 Å². The Morgan fingerprint density at radius 3 is 2.81 bits per heavy atom. The number of imidazole rings is 1. The van der Waals surface area contributed by atoms with Crippen molar-refractivity contribution in [1.29, 1.82) is 0 Å². The molecule has 0 spiro atoms. The molecule has 1 heterocycles. The Bertz CT molecular complexity index is 491. The number of aromatic nitrogens is 2. The third-order valence-corrected chi connectivity index (χ3v) is 2.80. The molecular weight excluding hydrogens is 222 g/mol. The van der Waals surface area contributed by atoms with Gasteiger partial charge in [0.15, 0.2) is 0 Å². The predicted molar refractivity (Wildman–Crippen MR) is 66.8 cm³/mol. The molecule has 0 aliphatic heterocycles. The summed E-state index contributed by atoms with van der Waals surface area (Å²) in [5.41, 5.74) is 4.36. The van der Waals surface area contributed by atoms with Gasteiger partial charge in [0.25, 0.3) is 0 Å². The average molecular weight is 236 g/mol. The highest BCUT2D eigenvalue weighted by Gasteiger charge is 2.02. The summed E-state index contributed by atoms with van der Waals surface area (Å²) < 4.78 is 0. The van der Waals surface area contributed by atoms with Crippen LogP contribution < -0.4 is 5.32 Å². The maximum absolute atomic E-state index is 5.90. The Labute approximate surface area is 99.9 Å². The van der Waals surface area contributed by atoms with Crippen LogP contribution in [0.4, 0.5) is 5.69 Å². The van der Waals surface area contributed by atoms with Crippen LogP contribution in [0, 0.1) is 13.8 Å². The Kier molecular flexibility index (Phi) is 3.15. The number of H-pyrrole nitrogens is 1. The third kappa shape index (κ3) is 2.36. The summed E-state index contributed by atoms with van der Waals surface area (Å²) in [4.78, 5) is 7.29. The normalized spacial score (nSPS) is 10.4. The monoisotopic (exact) mass is 235 g/mol. The minimum absolute atomic E-state index is 0.720. The number of benzene rings is 1. The van der Waals surface area contributed by atoms with Crippen molar-refractivity contribution in [3.63, 3.8) is 0 Å². The highest BCUT2D eigenvalue weighted by atomic mass is 35.5. The zero-order valence-electron chi connectivity index (χ0n) is 9.34. The van der Waals surface area contributed by atoms with Gasteiger partial charge in [0.2, 0.25) is 0 Å². The van der Waals surface area contributed by atoms with Gasteiger partial charge in [-0.2, -0.15) is 0 Å². The van der Waals surface area contributed by atoms with Crippen LogP contribution in [0.15, 0.2) is 24.5 Å². The molecule has 1 aromatic heterocycles. The second kappa shape index (κ2) is 4.58. The number of halogens is 1. The average Bonchev–Trinajstić information content (AvgIpc) is 2.63. The van der Waals surface area contributed by atoms with Gasteiger partial charge >= 0.3 is 0 Å². The fourth-order valence-electron chi connectivity index (χ4n) is 1.57. The minimum atomic E-state index is 0.720. The van der Waals surface area contributed by atoms with E-state index in [-0.39, 0.29) is 0 Å². The highest BCUT2D eigenvalue weighted by Crippen LogP contribution is 2.20. The topological polar surface area (TPSA) is 40.7 Å². The van der Waals surface area contributed by atoms with Gasteiger partial charge in [-0.1, -0.05) is 11.6 Å². The van der Waals surface area contributed by atoms with Gasteiger partial charge in [-0.3, -0.25) is 0 Å². The fourth-order valence-corrected chi connectivity index (χ4v) is 1.80. The summed E-state index contributed by atoms with van der Waals surface area (Å²) in [6, 6.07) is 5.81. The number of nitrogens with zero attached hydrogens (tertiary/aromatic N) is 1. The van der Waals surface area contributed by atoms with E-state index in [4.69, 9.17) is 11.6 Å². The first-order valence-electron chi connectivity index (χ1n) is 5.15. The summed E-state index contributed by atoms with van der Waals surface area (Å²) in [5.74, 6) is 0. The molecule has 84 valence electrons. The molecule has 2 rings (SSSR count). The number of anilines is 1. The lowest BCUT2D eigenvalue weighted by molar-refractivity contribution is 1.05. The van der Waals surface area contributed by atoms with Crippen molar-refractivity contribution in [1.82, 2.24) is 9.97 Å². The van der Waals surface area contributed by atoms with Gasteiger partial charge in [0.1, 0.15) is 0 Å². The number of hydrogen-bond acceptors (Lipinski definition) is 2. The van der Waals surface area contributed by atoms with Crippen molar-refractivity contribution >= 4 is 17.3 Å². The van der Waals surface area contributed by atoms with Crippen molar-refractivity contribution in [3.05, 3.63) is 46.5 Å². The molecule has 0 aliphatic rings. The van der Waals surface area contributed by atoms with Gasteiger partial charge in [-0.05, 0) is 37.6 Å². The van der Waals surface area contributed by atoms with E-state index in [1.165, 1.54) is 0 Å². The molecule has 4 heteroatoms. The van der Waals surface area contributed by atoms with Crippen molar-refractivity contribution in [2.45, 2.75) is 20.4 Å². The lowest BCUT2D eigenvalue weighted by atomic mass is 10.2. The van der Waals surface area contributed by atoms with Crippen LogP contribution in [0.3, 0.4) is 0 Å². The Morgan fingerprint density at radius 2 is 2.19 bits per heavy atom. The van der Waals surface area contributed by atoms with Crippen molar-refractivity contribution in [2.24, 2.45) is 0 Å². The van der Waals surface area contributed by atoms with E-state index in [2.05, 4.69) is 15.3 Å². The van der Waals surface area contributed by atoms with E-state index in [1.807, 2.05) is 32.0 Å². The molecule has 0 fully saturated rings.